The van der Waals surface area contributed by atoms with Crippen molar-refractivity contribution in [1.82, 2.24) is 15.5 Å². The van der Waals surface area contributed by atoms with E-state index in [-0.39, 0.29) is 24.0 Å². The van der Waals surface area contributed by atoms with Gasteiger partial charge in [-0.1, -0.05) is 24.3 Å². The fourth-order valence-electron chi connectivity index (χ4n) is 2.61. The van der Waals surface area contributed by atoms with Gasteiger partial charge < -0.3 is 25.0 Å². The lowest BCUT2D eigenvalue weighted by Crippen LogP contribution is -2.36. The highest BCUT2D eigenvalue weighted by Gasteiger charge is 2.01. The van der Waals surface area contributed by atoms with Gasteiger partial charge in [0.2, 0.25) is 0 Å². The Kier molecular flexibility index (Phi) is 12.1. The predicted molar refractivity (Wildman–Crippen MR) is 131 cm³/mol. The molecule has 0 aliphatic carbocycles. The van der Waals surface area contributed by atoms with E-state index in [0.717, 1.165) is 37.0 Å². The molecule has 6 nitrogen and oxygen atoms in total. The summed E-state index contributed by atoms with van der Waals surface area (Å²) in [6.07, 6.45) is 1.02. The Morgan fingerprint density at radius 2 is 1.41 bits per heavy atom. The van der Waals surface area contributed by atoms with E-state index in [1.165, 1.54) is 11.1 Å². The fourth-order valence-corrected chi connectivity index (χ4v) is 2.61. The van der Waals surface area contributed by atoms with Crippen molar-refractivity contribution in [2.24, 2.45) is 4.99 Å². The minimum atomic E-state index is 0. The van der Waals surface area contributed by atoms with Gasteiger partial charge in [0.1, 0.15) is 11.5 Å². The summed E-state index contributed by atoms with van der Waals surface area (Å²) in [6, 6.07) is 16.2. The van der Waals surface area contributed by atoms with Crippen molar-refractivity contribution in [3.8, 4) is 11.5 Å². The van der Waals surface area contributed by atoms with Gasteiger partial charge in [-0.05, 0) is 55.9 Å². The molecule has 0 radical (unpaired) electrons. The van der Waals surface area contributed by atoms with Crippen molar-refractivity contribution in [3.63, 3.8) is 0 Å². The van der Waals surface area contributed by atoms with Crippen LogP contribution in [0.5, 0.6) is 11.5 Å². The second-order valence-electron chi connectivity index (χ2n) is 6.78. The highest BCUT2D eigenvalue weighted by Crippen LogP contribution is 2.13. The number of guanidine groups is 1. The van der Waals surface area contributed by atoms with Crippen LogP contribution >= 0.6 is 24.0 Å². The van der Waals surface area contributed by atoms with Crippen LogP contribution in [0.15, 0.2) is 53.5 Å². The molecule has 2 aromatic rings. The van der Waals surface area contributed by atoms with Crippen molar-refractivity contribution in [2.45, 2.75) is 19.5 Å². The second kappa shape index (κ2) is 14.1. The topological polar surface area (TPSA) is 58.1 Å². The molecule has 160 valence electrons. The molecule has 0 bridgehead atoms. The van der Waals surface area contributed by atoms with Gasteiger partial charge in [-0.25, -0.2) is 0 Å². The fraction of sp³-hybridized carbons (Fsp3) is 0.409. The van der Waals surface area contributed by atoms with E-state index in [9.17, 15) is 0 Å². The van der Waals surface area contributed by atoms with Crippen LogP contribution in [0.3, 0.4) is 0 Å². The molecule has 2 N–H and O–H groups in total. The molecule has 0 saturated heterocycles. The zero-order chi connectivity index (χ0) is 20.2. The van der Waals surface area contributed by atoms with Crippen LogP contribution in [-0.2, 0) is 13.1 Å². The van der Waals surface area contributed by atoms with Crippen molar-refractivity contribution >= 4 is 29.9 Å². The molecule has 2 aromatic carbocycles. The summed E-state index contributed by atoms with van der Waals surface area (Å²) in [6.45, 7) is 3.16. The van der Waals surface area contributed by atoms with Crippen molar-refractivity contribution in [3.05, 3.63) is 59.7 Å². The second-order valence-corrected chi connectivity index (χ2v) is 6.78. The molecular weight excluding hydrogens is 479 g/mol. The van der Waals surface area contributed by atoms with Crippen LogP contribution in [0.4, 0.5) is 0 Å². The molecule has 0 heterocycles. The van der Waals surface area contributed by atoms with E-state index in [1.807, 2.05) is 36.4 Å². The molecule has 7 heteroatoms. The standard InChI is InChI=1S/C22H32N4O2.HI/c1-23-22(24-16-18-6-10-20(27-4)11-7-18)25-17-19-8-12-21(13-9-19)28-15-5-14-26(2)3;/h6-13H,5,14-17H2,1-4H3,(H2,23,24,25);1H. The third kappa shape index (κ3) is 9.85. The molecular formula is C22H33IN4O2. The van der Waals surface area contributed by atoms with Crippen molar-refractivity contribution in [1.29, 1.82) is 0 Å². The van der Waals surface area contributed by atoms with E-state index in [1.54, 1.807) is 14.2 Å². The molecule has 0 amide bonds. The first-order valence-corrected chi connectivity index (χ1v) is 9.54. The van der Waals surface area contributed by atoms with Crippen LogP contribution in [-0.4, -0.2) is 52.3 Å². The summed E-state index contributed by atoms with van der Waals surface area (Å²) in [5.74, 6) is 2.53. The molecule has 0 aliphatic rings. The number of hydrogen-bond acceptors (Lipinski definition) is 4. The number of aliphatic imine (C=N–C) groups is 1. The first-order chi connectivity index (χ1) is 13.6. The average molecular weight is 512 g/mol. The van der Waals surface area contributed by atoms with Crippen molar-refractivity contribution in [2.75, 3.05) is 41.4 Å². The lowest BCUT2D eigenvalue weighted by atomic mass is 10.2. The first-order valence-electron chi connectivity index (χ1n) is 9.54. The summed E-state index contributed by atoms with van der Waals surface area (Å²) < 4.78 is 11.0. The Morgan fingerprint density at radius 1 is 0.897 bits per heavy atom. The number of rotatable bonds is 10. The van der Waals surface area contributed by atoms with Crippen LogP contribution in [0.1, 0.15) is 17.5 Å². The quantitative estimate of drug-likeness (QED) is 0.221. The molecule has 0 spiro atoms. The van der Waals surface area contributed by atoms with Gasteiger partial charge in [0.25, 0.3) is 0 Å². The Labute approximate surface area is 191 Å². The lowest BCUT2D eigenvalue weighted by Gasteiger charge is -2.13. The Hall–Kier alpha value is -2.00. The minimum Gasteiger partial charge on any atom is -0.497 e. The highest BCUT2D eigenvalue weighted by atomic mass is 127. The third-order valence-electron chi connectivity index (χ3n) is 4.24. The third-order valence-corrected chi connectivity index (χ3v) is 4.24. The Morgan fingerprint density at radius 3 is 1.86 bits per heavy atom. The normalized spacial score (nSPS) is 11.0. The number of ether oxygens (including phenoxy) is 2. The number of methoxy groups -OCH3 is 1. The van der Waals surface area contributed by atoms with E-state index in [0.29, 0.717) is 13.1 Å². The molecule has 0 saturated carbocycles. The molecule has 0 aromatic heterocycles. The molecule has 0 fully saturated rings. The van der Waals surface area contributed by atoms with Gasteiger partial charge in [0.15, 0.2) is 5.96 Å². The number of hydrogen-bond donors (Lipinski definition) is 2. The zero-order valence-corrected chi connectivity index (χ0v) is 20.1. The number of nitrogens with one attached hydrogen (secondary N) is 2. The number of halogens is 1. The van der Waals surface area contributed by atoms with Gasteiger partial charge in [-0.3, -0.25) is 4.99 Å². The predicted octanol–water partition coefficient (Wildman–Crippen LogP) is 3.51. The van der Waals surface area contributed by atoms with Gasteiger partial charge >= 0.3 is 0 Å². The lowest BCUT2D eigenvalue weighted by molar-refractivity contribution is 0.281. The maximum atomic E-state index is 5.77. The van der Waals surface area contributed by atoms with Gasteiger partial charge in [-0.2, -0.15) is 0 Å². The summed E-state index contributed by atoms with van der Waals surface area (Å²) in [5, 5.41) is 6.65. The van der Waals surface area contributed by atoms with E-state index < -0.39 is 0 Å². The maximum Gasteiger partial charge on any atom is 0.191 e. The Balaban J connectivity index is 0.00000420. The molecule has 29 heavy (non-hydrogen) atoms. The molecule has 0 atom stereocenters. The first kappa shape index (κ1) is 25.0. The van der Waals surface area contributed by atoms with E-state index in [2.05, 4.69) is 46.8 Å². The zero-order valence-electron chi connectivity index (χ0n) is 17.8. The maximum absolute atomic E-state index is 5.77. The van der Waals surface area contributed by atoms with Crippen molar-refractivity contribution < 1.29 is 9.47 Å². The number of benzene rings is 2. The molecule has 2 rings (SSSR count). The monoisotopic (exact) mass is 512 g/mol. The highest BCUT2D eigenvalue weighted by molar-refractivity contribution is 14.0. The Bertz CT molecular complexity index is 719. The summed E-state index contributed by atoms with van der Waals surface area (Å²) >= 11 is 0. The molecule has 0 unspecified atom stereocenters. The summed E-state index contributed by atoms with van der Waals surface area (Å²) in [7, 11) is 7.58. The van der Waals surface area contributed by atoms with Crippen LogP contribution in [0.2, 0.25) is 0 Å². The number of nitrogens with zero attached hydrogens (tertiary/aromatic N) is 2. The van der Waals surface area contributed by atoms with Crippen LogP contribution in [0.25, 0.3) is 0 Å². The van der Waals surface area contributed by atoms with Crippen LogP contribution in [0, 0.1) is 0 Å². The van der Waals surface area contributed by atoms with E-state index >= 15 is 0 Å². The largest absolute Gasteiger partial charge is 0.497 e. The smallest absolute Gasteiger partial charge is 0.191 e. The van der Waals surface area contributed by atoms with E-state index in [4.69, 9.17) is 9.47 Å². The van der Waals surface area contributed by atoms with Gasteiger partial charge in [-0.15, -0.1) is 24.0 Å². The molecule has 0 aliphatic heterocycles. The SMILES string of the molecule is CN=C(NCc1ccc(OC)cc1)NCc1ccc(OCCCN(C)C)cc1.I. The van der Waals surface area contributed by atoms with Gasteiger partial charge in [0.05, 0.1) is 13.7 Å². The summed E-state index contributed by atoms with van der Waals surface area (Å²) in [4.78, 5) is 6.44. The van der Waals surface area contributed by atoms with Crippen LogP contribution < -0.4 is 20.1 Å². The minimum absolute atomic E-state index is 0. The summed E-state index contributed by atoms with van der Waals surface area (Å²) in [5.41, 5.74) is 2.34. The van der Waals surface area contributed by atoms with Gasteiger partial charge in [0, 0.05) is 26.7 Å². The average Bonchev–Trinajstić information content (AvgIpc) is 2.72.